The van der Waals surface area contributed by atoms with Crippen molar-refractivity contribution < 1.29 is 14.3 Å². The first-order chi connectivity index (χ1) is 11.6. The molecular weight excluding hydrogens is 306 g/mol. The van der Waals surface area contributed by atoms with Crippen LogP contribution in [0.1, 0.15) is 43.2 Å². The third-order valence-electron chi connectivity index (χ3n) is 4.66. The molecule has 0 unspecified atom stereocenters. The molecule has 6 nitrogen and oxygen atoms in total. The van der Waals surface area contributed by atoms with Crippen LogP contribution in [-0.4, -0.2) is 31.0 Å². The zero-order chi connectivity index (χ0) is 17.4. The van der Waals surface area contributed by atoms with Gasteiger partial charge in [0.2, 0.25) is 11.8 Å². The minimum absolute atomic E-state index is 0.0926. The maximum Gasteiger partial charge on any atom is 0.237 e. The molecule has 1 saturated carbocycles. The monoisotopic (exact) mass is 333 g/mol. The lowest BCUT2D eigenvalue weighted by Crippen LogP contribution is -2.58. The van der Waals surface area contributed by atoms with Crippen molar-refractivity contribution in [3.63, 3.8) is 0 Å². The van der Waals surface area contributed by atoms with E-state index in [1.807, 2.05) is 24.3 Å². The molecule has 1 aromatic rings. The summed E-state index contributed by atoms with van der Waals surface area (Å²) in [6.07, 6.45) is 4.43. The van der Waals surface area contributed by atoms with Crippen molar-refractivity contribution in [2.24, 2.45) is 5.73 Å². The Morgan fingerprint density at radius 3 is 2.46 bits per heavy atom. The fraction of sp³-hybridized carbons (Fsp3) is 0.556. The standard InChI is InChI=1S/C18H27N3O3/c1-24-13-15-8-4-3-7-14(15)11-20-16(22)12-21-18(17(19)23)9-5-2-6-10-18/h3-4,7-8,21H,2,5-6,9-13H2,1H3,(H2,19,23)(H,20,22). The summed E-state index contributed by atoms with van der Waals surface area (Å²) in [6.45, 7) is 1.04. The minimum atomic E-state index is -0.733. The summed E-state index contributed by atoms with van der Waals surface area (Å²) in [6, 6.07) is 7.82. The number of amides is 2. The molecule has 0 radical (unpaired) electrons. The Hall–Kier alpha value is -1.92. The van der Waals surface area contributed by atoms with Crippen LogP contribution in [0.3, 0.4) is 0 Å². The molecule has 24 heavy (non-hydrogen) atoms. The van der Waals surface area contributed by atoms with Gasteiger partial charge in [0.15, 0.2) is 0 Å². The number of primary amides is 1. The van der Waals surface area contributed by atoms with Gasteiger partial charge in [-0.15, -0.1) is 0 Å². The first kappa shape index (κ1) is 18.4. The zero-order valence-electron chi connectivity index (χ0n) is 14.3. The highest BCUT2D eigenvalue weighted by Crippen LogP contribution is 2.27. The number of nitrogens with two attached hydrogens (primary N) is 1. The van der Waals surface area contributed by atoms with Gasteiger partial charge in [-0.1, -0.05) is 43.5 Å². The van der Waals surface area contributed by atoms with E-state index in [9.17, 15) is 9.59 Å². The number of rotatable bonds is 8. The van der Waals surface area contributed by atoms with Crippen LogP contribution in [0.4, 0.5) is 0 Å². The van der Waals surface area contributed by atoms with E-state index in [0.717, 1.165) is 30.4 Å². The largest absolute Gasteiger partial charge is 0.380 e. The average Bonchev–Trinajstić information content (AvgIpc) is 2.60. The Bertz CT molecular complexity index is 568. The predicted molar refractivity (Wildman–Crippen MR) is 92.0 cm³/mol. The number of nitrogens with one attached hydrogen (secondary N) is 2. The second kappa shape index (κ2) is 8.80. The van der Waals surface area contributed by atoms with Gasteiger partial charge in [0.25, 0.3) is 0 Å². The molecule has 1 aliphatic carbocycles. The Balaban J connectivity index is 1.86. The van der Waals surface area contributed by atoms with Crippen LogP contribution in [-0.2, 0) is 27.5 Å². The van der Waals surface area contributed by atoms with Gasteiger partial charge in [-0.2, -0.15) is 0 Å². The zero-order valence-corrected chi connectivity index (χ0v) is 14.3. The van der Waals surface area contributed by atoms with Crippen molar-refractivity contribution in [1.82, 2.24) is 10.6 Å². The molecule has 6 heteroatoms. The van der Waals surface area contributed by atoms with Crippen molar-refractivity contribution >= 4 is 11.8 Å². The highest BCUT2D eigenvalue weighted by Gasteiger charge is 2.37. The van der Waals surface area contributed by atoms with E-state index in [1.54, 1.807) is 7.11 Å². The van der Waals surface area contributed by atoms with Gasteiger partial charge in [-0.05, 0) is 24.0 Å². The van der Waals surface area contributed by atoms with E-state index in [0.29, 0.717) is 26.0 Å². The SMILES string of the molecule is COCc1ccccc1CNC(=O)CNC1(C(N)=O)CCCCC1. The van der Waals surface area contributed by atoms with E-state index < -0.39 is 5.54 Å². The van der Waals surface area contributed by atoms with Crippen LogP contribution in [0.2, 0.25) is 0 Å². The summed E-state index contributed by atoms with van der Waals surface area (Å²) in [5, 5.41) is 5.98. The van der Waals surface area contributed by atoms with Crippen LogP contribution in [0.5, 0.6) is 0 Å². The normalized spacial score (nSPS) is 16.5. The number of carbonyl (C=O) groups excluding carboxylic acids is 2. The fourth-order valence-corrected chi connectivity index (χ4v) is 3.20. The second-order valence-corrected chi connectivity index (χ2v) is 6.34. The Labute approximate surface area is 143 Å². The molecular formula is C18H27N3O3. The van der Waals surface area contributed by atoms with E-state index in [2.05, 4.69) is 10.6 Å². The molecule has 0 spiro atoms. The Morgan fingerprint density at radius 1 is 1.17 bits per heavy atom. The third kappa shape index (κ3) is 4.79. The molecule has 2 amide bonds. The number of carbonyl (C=O) groups is 2. The van der Waals surface area contributed by atoms with Crippen LogP contribution in [0, 0.1) is 0 Å². The van der Waals surface area contributed by atoms with Gasteiger partial charge in [0, 0.05) is 13.7 Å². The number of methoxy groups -OCH3 is 1. The highest BCUT2D eigenvalue weighted by molar-refractivity contribution is 5.86. The van der Waals surface area contributed by atoms with Crippen LogP contribution < -0.4 is 16.4 Å². The molecule has 1 aliphatic rings. The number of benzene rings is 1. The number of hydrogen-bond acceptors (Lipinski definition) is 4. The lowest BCUT2D eigenvalue weighted by atomic mass is 9.81. The lowest BCUT2D eigenvalue weighted by Gasteiger charge is -2.35. The number of hydrogen-bond donors (Lipinski definition) is 3. The van der Waals surface area contributed by atoms with Gasteiger partial charge < -0.3 is 15.8 Å². The molecule has 4 N–H and O–H groups in total. The van der Waals surface area contributed by atoms with Gasteiger partial charge in [-0.25, -0.2) is 0 Å². The summed E-state index contributed by atoms with van der Waals surface area (Å²) in [7, 11) is 1.65. The van der Waals surface area contributed by atoms with Gasteiger partial charge in [0.05, 0.1) is 18.7 Å². The molecule has 0 atom stereocenters. The van der Waals surface area contributed by atoms with Crippen LogP contribution in [0.25, 0.3) is 0 Å². The van der Waals surface area contributed by atoms with E-state index >= 15 is 0 Å². The number of ether oxygens (including phenoxy) is 1. The fourth-order valence-electron chi connectivity index (χ4n) is 3.20. The third-order valence-corrected chi connectivity index (χ3v) is 4.66. The van der Waals surface area contributed by atoms with E-state index in [4.69, 9.17) is 10.5 Å². The molecule has 0 aromatic heterocycles. The van der Waals surface area contributed by atoms with Gasteiger partial charge in [0.1, 0.15) is 0 Å². The van der Waals surface area contributed by atoms with Crippen molar-refractivity contribution in [3.05, 3.63) is 35.4 Å². The minimum Gasteiger partial charge on any atom is -0.380 e. The maximum absolute atomic E-state index is 12.1. The van der Waals surface area contributed by atoms with Gasteiger partial charge >= 0.3 is 0 Å². The molecule has 0 aliphatic heterocycles. The van der Waals surface area contributed by atoms with Crippen LogP contribution >= 0.6 is 0 Å². The quantitative estimate of drug-likeness (QED) is 0.667. The van der Waals surface area contributed by atoms with Crippen molar-refractivity contribution in [2.45, 2.75) is 50.8 Å². The van der Waals surface area contributed by atoms with Crippen LogP contribution in [0.15, 0.2) is 24.3 Å². The molecule has 1 aromatic carbocycles. The molecule has 2 rings (SSSR count). The van der Waals surface area contributed by atoms with Crippen molar-refractivity contribution in [3.8, 4) is 0 Å². The molecule has 132 valence electrons. The Morgan fingerprint density at radius 2 is 1.83 bits per heavy atom. The van der Waals surface area contributed by atoms with E-state index in [-0.39, 0.29) is 18.4 Å². The first-order valence-electron chi connectivity index (χ1n) is 8.45. The second-order valence-electron chi connectivity index (χ2n) is 6.34. The van der Waals surface area contributed by atoms with E-state index in [1.165, 1.54) is 0 Å². The average molecular weight is 333 g/mol. The topological polar surface area (TPSA) is 93.4 Å². The molecule has 0 bridgehead atoms. The predicted octanol–water partition coefficient (Wildman–Crippen LogP) is 1.23. The summed E-state index contributed by atoms with van der Waals surface area (Å²) in [4.78, 5) is 23.9. The summed E-state index contributed by atoms with van der Waals surface area (Å²) >= 11 is 0. The highest BCUT2D eigenvalue weighted by atomic mass is 16.5. The lowest BCUT2D eigenvalue weighted by molar-refractivity contribution is -0.126. The summed E-state index contributed by atoms with van der Waals surface area (Å²) in [5.41, 5.74) is 6.90. The summed E-state index contributed by atoms with van der Waals surface area (Å²) < 4.78 is 5.17. The first-order valence-corrected chi connectivity index (χ1v) is 8.45. The van der Waals surface area contributed by atoms with Crippen molar-refractivity contribution in [2.75, 3.05) is 13.7 Å². The molecule has 1 fully saturated rings. The molecule has 0 heterocycles. The maximum atomic E-state index is 12.1. The Kier molecular flexibility index (Phi) is 6.75. The van der Waals surface area contributed by atoms with Crippen molar-refractivity contribution in [1.29, 1.82) is 0 Å². The smallest absolute Gasteiger partial charge is 0.237 e. The van der Waals surface area contributed by atoms with Gasteiger partial charge in [-0.3, -0.25) is 14.9 Å². The summed E-state index contributed by atoms with van der Waals surface area (Å²) in [5.74, 6) is -0.506. The molecule has 0 saturated heterocycles.